The average Bonchev–Trinajstić information content (AvgIpc) is 3.67. The molecule has 0 amide bonds. The summed E-state index contributed by atoms with van der Waals surface area (Å²) in [6, 6.07) is 33.7. The van der Waals surface area contributed by atoms with Crippen LogP contribution in [0.3, 0.4) is 0 Å². The Balaban J connectivity index is 0.000000141. The molecule has 2 heterocycles. The van der Waals surface area contributed by atoms with E-state index in [0.717, 1.165) is 33.3 Å². The van der Waals surface area contributed by atoms with Crippen molar-refractivity contribution in [3.63, 3.8) is 0 Å². The summed E-state index contributed by atoms with van der Waals surface area (Å²) in [5, 5.41) is 34.9. The molecule has 7 rings (SSSR count). The summed E-state index contributed by atoms with van der Waals surface area (Å²) in [4.78, 5) is 30.2. The molecule has 5 aromatic carbocycles. The molecule has 218 valence electrons. The topological polar surface area (TPSA) is 167 Å². The van der Waals surface area contributed by atoms with Gasteiger partial charge in [-0.3, -0.25) is 0 Å². The van der Waals surface area contributed by atoms with Gasteiger partial charge in [-0.15, -0.1) is 0 Å². The lowest BCUT2D eigenvalue weighted by Crippen LogP contribution is -1.94. The molecule has 0 radical (unpaired) electrons. The predicted octanol–water partition coefficient (Wildman–Crippen LogP) is 7.48. The zero-order valence-corrected chi connectivity index (χ0v) is 22.9. The summed E-state index contributed by atoms with van der Waals surface area (Å²) >= 11 is 0. The summed E-state index contributed by atoms with van der Waals surface area (Å²) in [5.41, 5.74) is 5.02. The number of carboxylic acid groups (broad SMARTS) is 2. The number of hydrogen-bond donors (Lipinski definition) is 4. The summed E-state index contributed by atoms with van der Waals surface area (Å²) in [7, 11) is 0. The number of benzene rings is 5. The first-order chi connectivity index (χ1) is 21.3. The number of phenolic OH excluding ortho intramolecular Hbond substituents is 2. The number of fused-ring (bicyclic) bond motifs is 2. The number of carbonyl (C=O) groups is 2. The van der Waals surface area contributed by atoms with Gasteiger partial charge in [0, 0.05) is 17.2 Å². The van der Waals surface area contributed by atoms with Gasteiger partial charge in [-0.2, -0.15) is 0 Å². The van der Waals surface area contributed by atoms with Gasteiger partial charge in [0.05, 0.1) is 11.1 Å². The largest absolute Gasteiger partial charge is 0.508 e. The number of nitrogens with zero attached hydrogens (tertiary/aromatic N) is 2. The van der Waals surface area contributed by atoms with Crippen LogP contribution >= 0.6 is 0 Å². The van der Waals surface area contributed by atoms with E-state index in [2.05, 4.69) is 9.97 Å². The smallest absolute Gasteiger partial charge is 0.335 e. The molecule has 7 aromatic rings. The zero-order chi connectivity index (χ0) is 31.1. The zero-order valence-electron chi connectivity index (χ0n) is 22.9. The number of aromatic hydroxyl groups is 2. The Hall–Kier alpha value is -6.42. The number of aromatic nitrogens is 2. The minimum absolute atomic E-state index is 0.0880. The first-order valence-corrected chi connectivity index (χ1v) is 13.1. The summed E-state index contributed by atoms with van der Waals surface area (Å²) in [6.45, 7) is 0. The van der Waals surface area contributed by atoms with E-state index >= 15 is 0 Å². The predicted molar refractivity (Wildman–Crippen MR) is 163 cm³/mol. The van der Waals surface area contributed by atoms with Gasteiger partial charge < -0.3 is 29.3 Å². The van der Waals surface area contributed by atoms with Crippen molar-refractivity contribution in [3.05, 3.63) is 132 Å². The van der Waals surface area contributed by atoms with Crippen LogP contribution in [0.15, 0.2) is 130 Å². The fourth-order valence-electron chi connectivity index (χ4n) is 4.00. The van der Waals surface area contributed by atoms with Crippen molar-refractivity contribution < 1.29 is 38.8 Å². The van der Waals surface area contributed by atoms with Crippen molar-refractivity contribution in [2.75, 3.05) is 0 Å². The van der Waals surface area contributed by atoms with Gasteiger partial charge in [-0.25, -0.2) is 19.6 Å². The third kappa shape index (κ3) is 7.07. The molecule has 0 atom stereocenters. The average molecular weight is 589 g/mol. The molecule has 44 heavy (non-hydrogen) atoms. The van der Waals surface area contributed by atoms with Crippen molar-refractivity contribution in [3.8, 4) is 34.4 Å². The molecule has 0 aliphatic carbocycles. The van der Waals surface area contributed by atoms with Gasteiger partial charge in [-0.05, 0) is 84.9 Å². The number of para-hydroxylation sites is 4. The molecular formula is C34H24N2O8. The third-order valence-electron chi connectivity index (χ3n) is 6.18. The first-order valence-electron chi connectivity index (χ1n) is 13.1. The number of carboxylic acids is 2. The molecule has 0 saturated carbocycles. The maximum Gasteiger partial charge on any atom is 0.335 e. The van der Waals surface area contributed by atoms with Crippen LogP contribution in [0.25, 0.3) is 45.1 Å². The van der Waals surface area contributed by atoms with E-state index < -0.39 is 11.9 Å². The third-order valence-corrected chi connectivity index (χ3v) is 6.18. The van der Waals surface area contributed by atoms with Crippen LogP contribution < -0.4 is 0 Å². The van der Waals surface area contributed by atoms with E-state index in [1.807, 2.05) is 48.5 Å². The second-order valence-electron chi connectivity index (χ2n) is 9.26. The van der Waals surface area contributed by atoms with Gasteiger partial charge in [0.15, 0.2) is 11.2 Å². The van der Waals surface area contributed by atoms with E-state index in [-0.39, 0.29) is 22.6 Å². The molecular weight excluding hydrogens is 564 g/mol. The minimum atomic E-state index is -0.945. The lowest BCUT2D eigenvalue weighted by Gasteiger charge is -1.96. The van der Waals surface area contributed by atoms with Crippen molar-refractivity contribution in [2.24, 2.45) is 0 Å². The summed E-state index contributed by atoms with van der Waals surface area (Å²) < 4.78 is 11.2. The van der Waals surface area contributed by atoms with Gasteiger partial charge in [0.25, 0.3) is 0 Å². The standard InChI is InChI=1S/2C14H9NO3.C6H6O2/c2*16-14(17)10-7-5-9(6-8-10)13-15-11-3-1-2-4-12(11)18-13;7-5-2-1-3-6(8)4-5/h2*1-8H,(H,16,17);1-4,7-8H. The van der Waals surface area contributed by atoms with Crippen LogP contribution in [0.2, 0.25) is 0 Å². The molecule has 0 fully saturated rings. The van der Waals surface area contributed by atoms with Crippen LogP contribution in [-0.4, -0.2) is 42.3 Å². The summed E-state index contributed by atoms with van der Waals surface area (Å²) in [5.74, 6) is -0.727. The van der Waals surface area contributed by atoms with E-state index in [4.69, 9.17) is 29.3 Å². The Labute approximate surface area is 249 Å². The van der Waals surface area contributed by atoms with E-state index in [9.17, 15) is 9.59 Å². The number of oxazole rings is 2. The maximum absolute atomic E-state index is 10.8. The normalized spacial score (nSPS) is 10.4. The van der Waals surface area contributed by atoms with Crippen LogP contribution in [-0.2, 0) is 0 Å². The Morgan fingerprint density at radius 2 is 0.886 bits per heavy atom. The fourth-order valence-corrected chi connectivity index (χ4v) is 4.00. The SMILES string of the molecule is O=C(O)c1ccc(-c2nc3ccccc3o2)cc1.O=C(O)c1ccc(-c2nc3ccccc3o2)cc1.Oc1cccc(O)c1. The monoisotopic (exact) mass is 588 g/mol. The van der Waals surface area contributed by atoms with E-state index in [0.29, 0.717) is 11.8 Å². The second-order valence-corrected chi connectivity index (χ2v) is 9.26. The van der Waals surface area contributed by atoms with Gasteiger partial charge >= 0.3 is 11.9 Å². The molecule has 10 heteroatoms. The molecule has 0 unspecified atom stereocenters. The Morgan fingerprint density at radius 3 is 1.20 bits per heavy atom. The second kappa shape index (κ2) is 13.0. The molecule has 10 nitrogen and oxygen atoms in total. The van der Waals surface area contributed by atoms with Gasteiger partial charge in [-0.1, -0.05) is 30.3 Å². The van der Waals surface area contributed by atoms with Crippen molar-refractivity contribution in [1.82, 2.24) is 9.97 Å². The Bertz CT molecular complexity index is 1830. The molecule has 0 aliphatic rings. The molecule has 0 spiro atoms. The molecule has 0 bridgehead atoms. The Morgan fingerprint density at radius 1 is 0.500 bits per heavy atom. The van der Waals surface area contributed by atoms with E-state index in [1.165, 1.54) is 42.5 Å². The van der Waals surface area contributed by atoms with Crippen LogP contribution in [0.1, 0.15) is 20.7 Å². The van der Waals surface area contributed by atoms with Crippen molar-refractivity contribution >= 4 is 34.1 Å². The fraction of sp³-hybridized carbons (Fsp3) is 0. The maximum atomic E-state index is 10.8. The highest BCUT2D eigenvalue weighted by Crippen LogP contribution is 2.25. The molecule has 0 aliphatic heterocycles. The van der Waals surface area contributed by atoms with Crippen LogP contribution in [0.5, 0.6) is 11.5 Å². The molecule has 4 N–H and O–H groups in total. The van der Waals surface area contributed by atoms with Gasteiger partial charge in [0.2, 0.25) is 11.8 Å². The number of hydrogen-bond acceptors (Lipinski definition) is 8. The van der Waals surface area contributed by atoms with E-state index in [1.54, 1.807) is 30.3 Å². The van der Waals surface area contributed by atoms with Gasteiger partial charge in [0.1, 0.15) is 22.5 Å². The number of phenols is 2. The highest BCUT2D eigenvalue weighted by Gasteiger charge is 2.10. The first kappa shape index (κ1) is 29.1. The Kier molecular flexibility index (Phi) is 8.62. The number of rotatable bonds is 4. The minimum Gasteiger partial charge on any atom is -0.508 e. The number of aromatic carboxylic acids is 2. The highest BCUT2D eigenvalue weighted by atomic mass is 16.4. The highest BCUT2D eigenvalue weighted by molar-refractivity contribution is 5.89. The molecule has 0 saturated heterocycles. The van der Waals surface area contributed by atoms with Crippen molar-refractivity contribution in [2.45, 2.75) is 0 Å². The van der Waals surface area contributed by atoms with Crippen molar-refractivity contribution in [1.29, 1.82) is 0 Å². The lowest BCUT2D eigenvalue weighted by atomic mass is 10.1. The molecule has 2 aromatic heterocycles. The quantitative estimate of drug-likeness (QED) is 0.162. The lowest BCUT2D eigenvalue weighted by molar-refractivity contribution is 0.0686. The van der Waals surface area contributed by atoms with Crippen LogP contribution in [0, 0.1) is 0 Å². The summed E-state index contributed by atoms with van der Waals surface area (Å²) in [6.07, 6.45) is 0. The van der Waals surface area contributed by atoms with Crippen LogP contribution in [0.4, 0.5) is 0 Å².